The van der Waals surface area contributed by atoms with Crippen LogP contribution in [0.5, 0.6) is 0 Å². The molecule has 576 valence electrons. The molecule has 0 bridgehead atoms. The van der Waals surface area contributed by atoms with Crippen molar-refractivity contribution >= 4 is 19.8 Å². The van der Waals surface area contributed by atoms with Gasteiger partial charge < -0.3 is 18.9 Å². The number of ether oxygens (including phenoxy) is 2. The molecule has 0 aromatic carbocycles. The first kappa shape index (κ1) is 95.7. The van der Waals surface area contributed by atoms with Gasteiger partial charge in [0.05, 0.1) is 27.7 Å². The summed E-state index contributed by atoms with van der Waals surface area (Å²) < 4.78 is 34.9. The van der Waals surface area contributed by atoms with Gasteiger partial charge in [-0.1, -0.05) is 408 Å². The van der Waals surface area contributed by atoms with E-state index in [1.807, 2.05) is 21.1 Å². The van der Waals surface area contributed by atoms with E-state index in [1.165, 1.54) is 347 Å². The Kier molecular flexibility index (Phi) is 77.0. The molecule has 2 unspecified atom stereocenters. The van der Waals surface area contributed by atoms with Gasteiger partial charge in [0.15, 0.2) is 6.10 Å². The van der Waals surface area contributed by atoms with Gasteiger partial charge in [-0.3, -0.25) is 18.6 Å². The van der Waals surface area contributed by atoms with Gasteiger partial charge >= 0.3 is 19.8 Å². The summed E-state index contributed by atoms with van der Waals surface area (Å²) in [4.78, 5) is 36.0. The Morgan fingerprint density at radius 2 is 0.582 bits per heavy atom. The van der Waals surface area contributed by atoms with Crippen LogP contribution in [0, 0.1) is 0 Å². The largest absolute Gasteiger partial charge is 0.472 e. The number of carbonyl (C=O) groups excluding carboxylic acids is 2. The lowest BCUT2D eigenvalue weighted by atomic mass is 10.0. The maximum absolute atomic E-state index is 12.9. The van der Waals surface area contributed by atoms with Crippen LogP contribution >= 0.6 is 7.82 Å². The Morgan fingerprint density at radius 3 is 0.878 bits per heavy atom. The van der Waals surface area contributed by atoms with Crippen molar-refractivity contribution in [2.75, 3.05) is 47.5 Å². The van der Waals surface area contributed by atoms with Crippen molar-refractivity contribution < 1.29 is 42.1 Å². The SMILES string of the molecule is CC/C=C\C/C=C\C/C=C\C/C=C\CCCCCCCCCCCCCCCCCCCCCCC(=O)OC(COC(=O)CCCCCCCCCCCCCCCCCCCCCCCCCCCCCCC/C=C\CCCCCCCCCC)COP(=O)(O)OCC[N+](C)(C)C. The Bertz CT molecular complexity index is 1840. The number of likely N-dealkylation sites (N-methyl/N-ethyl adjacent to an activating group) is 1. The number of phosphoric acid groups is 1. The number of unbranched alkanes of at least 4 members (excludes halogenated alkanes) is 57. The molecule has 0 heterocycles. The number of quaternary nitrogens is 1. The molecule has 0 aromatic heterocycles. The summed E-state index contributed by atoms with van der Waals surface area (Å²) in [6.07, 6.45) is 107. The van der Waals surface area contributed by atoms with Crippen molar-refractivity contribution in [3.63, 3.8) is 0 Å². The molecular weight excluding hydrogens is 1230 g/mol. The average molecular weight is 1400 g/mol. The lowest BCUT2D eigenvalue weighted by Crippen LogP contribution is -2.37. The molecular formula is C88H167NO8P+. The molecule has 0 spiro atoms. The molecule has 0 rings (SSSR count). The monoisotopic (exact) mass is 1400 g/mol. The van der Waals surface area contributed by atoms with Crippen LogP contribution in [0.1, 0.15) is 438 Å². The number of carbonyl (C=O) groups is 2. The summed E-state index contributed by atoms with van der Waals surface area (Å²) in [5.74, 6) is -0.772. The standard InChI is InChI=1S/C88H166NO8P/c1-6-8-10-12-14-16-18-20-22-24-26-28-30-32-34-36-38-40-41-42-43-44-45-46-47-49-50-52-54-56-58-60-62-64-66-68-70-72-74-76-78-80-87(90)94-84-86(85-96-98(92,93)95-83-82-89(3,4)5)97-88(91)81-79-77-75-73-71-69-67-65-63-61-59-57-55-53-51-48-39-37-35-33-31-29-27-25-23-21-19-17-15-13-11-9-7-2/h9,11,15,17,21,23-24,26-27,29,86H,6-8,10,12-14,16,18-20,22,25,28,30-85H2,1-5H3/p+1/b11-9-,17-15-,23-21-,26-24-,29-27-. The van der Waals surface area contributed by atoms with E-state index in [1.54, 1.807) is 0 Å². The maximum Gasteiger partial charge on any atom is 0.472 e. The van der Waals surface area contributed by atoms with Gasteiger partial charge in [0.25, 0.3) is 0 Å². The Hall–Kier alpha value is -2.29. The number of hydrogen-bond donors (Lipinski definition) is 1. The molecule has 0 aliphatic heterocycles. The number of esters is 2. The first-order valence-electron chi connectivity index (χ1n) is 43.0. The van der Waals surface area contributed by atoms with E-state index in [0.29, 0.717) is 23.9 Å². The number of hydrogen-bond acceptors (Lipinski definition) is 7. The molecule has 2 atom stereocenters. The highest BCUT2D eigenvalue weighted by atomic mass is 31.2. The highest BCUT2D eigenvalue weighted by Gasteiger charge is 2.27. The molecule has 10 heteroatoms. The predicted octanol–water partition coefficient (Wildman–Crippen LogP) is 28.8. The molecule has 98 heavy (non-hydrogen) atoms. The summed E-state index contributed by atoms with van der Waals surface area (Å²) in [5, 5.41) is 0. The third kappa shape index (κ3) is 82.7. The second kappa shape index (κ2) is 78.8. The number of allylic oxidation sites excluding steroid dienone is 10. The van der Waals surface area contributed by atoms with E-state index in [-0.39, 0.29) is 25.6 Å². The van der Waals surface area contributed by atoms with Gasteiger partial charge in [-0.15, -0.1) is 0 Å². The van der Waals surface area contributed by atoms with Crippen molar-refractivity contribution in [2.45, 2.75) is 444 Å². The molecule has 0 aromatic rings. The van der Waals surface area contributed by atoms with Crippen LogP contribution in [0.2, 0.25) is 0 Å². The minimum atomic E-state index is -4.40. The number of rotatable bonds is 81. The molecule has 0 radical (unpaired) electrons. The Balaban J connectivity index is 3.85. The summed E-state index contributed by atoms with van der Waals surface area (Å²) in [7, 11) is 1.50. The van der Waals surface area contributed by atoms with Crippen LogP contribution in [0.15, 0.2) is 60.8 Å². The van der Waals surface area contributed by atoms with Crippen molar-refractivity contribution in [3.05, 3.63) is 60.8 Å². The van der Waals surface area contributed by atoms with E-state index in [0.717, 1.165) is 57.8 Å². The third-order valence-corrected chi connectivity index (χ3v) is 20.5. The highest BCUT2D eigenvalue weighted by molar-refractivity contribution is 7.47. The molecule has 1 N–H and O–H groups in total. The van der Waals surface area contributed by atoms with Crippen molar-refractivity contribution in [2.24, 2.45) is 0 Å². The molecule has 0 saturated heterocycles. The van der Waals surface area contributed by atoms with Gasteiger partial charge in [0, 0.05) is 12.8 Å². The van der Waals surface area contributed by atoms with Crippen LogP contribution < -0.4 is 0 Å². The van der Waals surface area contributed by atoms with Gasteiger partial charge in [-0.25, -0.2) is 4.57 Å². The van der Waals surface area contributed by atoms with Crippen molar-refractivity contribution in [3.8, 4) is 0 Å². The second-order valence-corrected chi connectivity index (χ2v) is 32.0. The third-order valence-electron chi connectivity index (χ3n) is 19.5. The quantitative estimate of drug-likeness (QED) is 0.0211. The molecule has 0 fully saturated rings. The van der Waals surface area contributed by atoms with Gasteiger partial charge in [-0.2, -0.15) is 0 Å². The highest BCUT2D eigenvalue weighted by Crippen LogP contribution is 2.43. The van der Waals surface area contributed by atoms with Crippen LogP contribution in [0.25, 0.3) is 0 Å². The lowest BCUT2D eigenvalue weighted by molar-refractivity contribution is -0.870. The fourth-order valence-corrected chi connectivity index (χ4v) is 13.8. The summed E-state index contributed by atoms with van der Waals surface area (Å²) in [5.41, 5.74) is 0. The van der Waals surface area contributed by atoms with Crippen molar-refractivity contribution in [1.29, 1.82) is 0 Å². The second-order valence-electron chi connectivity index (χ2n) is 30.5. The normalized spacial score (nSPS) is 13.2. The van der Waals surface area contributed by atoms with Crippen molar-refractivity contribution in [1.82, 2.24) is 0 Å². The first-order valence-corrected chi connectivity index (χ1v) is 44.5. The minimum Gasteiger partial charge on any atom is -0.462 e. The van der Waals surface area contributed by atoms with Gasteiger partial charge in [-0.05, 0) is 77.0 Å². The molecule has 0 aliphatic carbocycles. The first-order chi connectivity index (χ1) is 48.0. The van der Waals surface area contributed by atoms with Crippen LogP contribution in [0.4, 0.5) is 0 Å². The van der Waals surface area contributed by atoms with E-state index >= 15 is 0 Å². The predicted molar refractivity (Wildman–Crippen MR) is 427 cm³/mol. The lowest BCUT2D eigenvalue weighted by Gasteiger charge is -2.24. The van der Waals surface area contributed by atoms with E-state index in [2.05, 4.69) is 74.6 Å². The van der Waals surface area contributed by atoms with E-state index in [4.69, 9.17) is 18.5 Å². The van der Waals surface area contributed by atoms with Gasteiger partial charge in [0.2, 0.25) is 0 Å². The molecule has 9 nitrogen and oxygen atoms in total. The zero-order valence-electron chi connectivity index (χ0n) is 66.0. The minimum absolute atomic E-state index is 0.0342. The number of nitrogens with zero attached hydrogens (tertiary/aromatic N) is 1. The smallest absolute Gasteiger partial charge is 0.462 e. The number of phosphoric ester groups is 1. The molecule has 0 amide bonds. The topological polar surface area (TPSA) is 108 Å². The summed E-state index contributed by atoms with van der Waals surface area (Å²) in [6.45, 7) is 4.40. The van der Waals surface area contributed by atoms with Crippen LogP contribution in [0.3, 0.4) is 0 Å². The summed E-state index contributed by atoms with van der Waals surface area (Å²) in [6, 6.07) is 0. The fourth-order valence-electron chi connectivity index (χ4n) is 13.0. The fraction of sp³-hybridized carbons (Fsp3) is 0.864. The van der Waals surface area contributed by atoms with E-state index < -0.39 is 26.5 Å². The van der Waals surface area contributed by atoms with Crippen LogP contribution in [-0.4, -0.2) is 74.9 Å². The van der Waals surface area contributed by atoms with Gasteiger partial charge in [0.1, 0.15) is 19.8 Å². The molecule has 0 saturated carbocycles. The zero-order valence-corrected chi connectivity index (χ0v) is 66.9. The molecule has 0 aliphatic rings. The summed E-state index contributed by atoms with van der Waals surface area (Å²) >= 11 is 0. The zero-order chi connectivity index (χ0) is 71.1. The Morgan fingerprint density at radius 1 is 0.327 bits per heavy atom. The van der Waals surface area contributed by atoms with E-state index in [9.17, 15) is 19.0 Å². The van der Waals surface area contributed by atoms with Crippen LogP contribution in [-0.2, 0) is 32.7 Å². The maximum atomic E-state index is 12.9. The Labute approximate surface area is 610 Å². The average Bonchev–Trinajstić information content (AvgIpc) is 1.08.